The molecular formula is C21H24N2O3. The molecule has 5 heteroatoms. The number of carbonyl (C=O) groups excluding carboxylic acids is 1. The van der Waals surface area contributed by atoms with Crippen molar-refractivity contribution in [3.63, 3.8) is 0 Å². The summed E-state index contributed by atoms with van der Waals surface area (Å²) < 4.78 is 11.6. The van der Waals surface area contributed by atoms with Gasteiger partial charge in [-0.05, 0) is 29.7 Å². The molecule has 1 amide bonds. The van der Waals surface area contributed by atoms with Gasteiger partial charge in [-0.15, -0.1) is 0 Å². The molecule has 0 aromatic heterocycles. The predicted molar refractivity (Wildman–Crippen MR) is 99.4 cm³/mol. The van der Waals surface area contributed by atoms with Crippen LogP contribution < -0.4 is 14.8 Å². The van der Waals surface area contributed by atoms with Gasteiger partial charge in [0.2, 0.25) is 5.91 Å². The molecule has 2 heterocycles. The number of fused-ring (bicyclic) bond motifs is 2. The van der Waals surface area contributed by atoms with Crippen molar-refractivity contribution in [2.24, 2.45) is 0 Å². The summed E-state index contributed by atoms with van der Waals surface area (Å²) in [5.74, 6) is 1.64. The van der Waals surface area contributed by atoms with Gasteiger partial charge in [-0.2, -0.15) is 0 Å². The van der Waals surface area contributed by atoms with E-state index in [0.717, 1.165) is 37.4 Å². The van der Waals surface area contributed by atoms with E-state index in [4.69, 9.17) is 9.47 Å². The summed E-state index contributed by atoms with van der Waals surface area (Å²) >= 11 is 0. The lowest BCUT2D eigenvalue weighted by atomic mass is 10.00. The molecule has 2 aliphatic rings. The Kier molecular flexibility index (Phi) is 5.07. The first-order valence-electron chi connectivity index (χ1n) is 9.22. The first-order valence-corrected chi connectivity index (χ1v) is 9.22. The highest BCUT2D eigenvalue weighted by Gasteiger charge is 2.21. The van der Waals surface area contributed by atoms with Crippen LogP contribution in [0.2, 0.25) is 0 Å². The Morgan fingerprint density at radius 3 is 2.73 bits per heavy atom. The fourth-order valence-electron chi connectivity index (χ4n) is 3.53. The van der Waals surface area contributed by atoms with Crippen molar-refractivity contribution in [3.05, 3.63) is 59.7 Å². The van der Waals surface area contributed by atoms with Crippen LogP contribution in [0.1, 0.15) is 17.5 Å². The van der Waals surface area contributed by atoms with Crippen LogP contribution in [-0.2, 0) is 17.8 Å². The molecule has 0 saturated carbocycles. The zero-order valence-electron chi connectivity index (χ0n) is 14.8. The average molecular weight is 352 g/mol. The summed E-state index contributed by atoms with van der Waals surface area (Å²) in [7, 11) is 0. The molecule has 4 rings (SSSR count). The quantitative estimate of drug-likeness (QED) is 0.898. The second-order valence-electron chi connectivity index (χ2n) is 6.87. The standard InChI is InChI=1S/C21H24N2O3/c24-21(14-23-12-10-16-5-1-2-6-17(16)13-23)22-11-9-18-15-25-19-7-3-4-8-20(19)26-18/h1-8,18H,9-15H2,(H,22,24)/t18-/m0/s1. The Bertz CT molecular complexity index is 777. The van der Waals surface area contributed by atoms with Crippen LogP contribution in [0.25, 0.3) is 0 Å². The maximum atomic E-state index is 12.2. The summed E-state index contributed by atoms with van der Waals surface area (Å²) in [6.07, 6.45) is 1.73. The number of hydrogen-bond acceptors (Lipinski definition) is 4. The Morgan fingerprint density at radius 2 is 1.85 bits per heavy atom. The topological polar surface area (TPSA) is 50.8 Å². The number of amides is 1. The SMILES string of the molecule is O=C(CN1CCc2ccccc2C1)NCC[C@H]1COc2ccccc2O1. The number of benzene rings is 2. The second kappa shape index (κ2) is 7.79. The minimum absolute atomic E-state index is 0.0212. The summed E-state index contributed by atoms with van der Waals surface area (Å²) in [4.78, 5) is 14.4. The van der Waals surface area contributed by atoms with E-state index in [1.165, 1.54) is 11.1 Å². The smallest absolute Gasteiger partial charge is 0.234 e. The number of nitrogens with zero attached hydrogens (tertiary/aromatic N) is 1. The molecule has 2 aliphatic heterocycles. The van der Waals surface area contributed by atoms with E-state index in [1.54, 1.807) is 0 Å². The van der Waals surface area contributed by atoms with Crippen LogP contribution in [0.5, 0.6) is 11.5 Å². The lowest BCUT2D eigenvalue weighted by Crippen LogP contribution is -2.41. The number of nitrogens with one attached hydrogen (secondary N) is 1. The van der Waals surface area contributed by atoms with Gasteiger partial charge in [0.05, 0.1) is 6.54 Å². The molecule has 2 aromatic rings. The van der Waals surface area contributed by atoms with Crippen LogP contribution in [0.15, 0.2) is 48.5 Å². The van der Waals surface area contributed by atoms with E-state index in [0.29, 0.717) is 19.7 Å². The third kappa shape index (κ3) is 3.99. The number of rotatable bonds is 5. The zero-order valence-corrected chi connectivity index (χ0v) is 14.8. The predicted octanol–water partition coefficient (Wildman–Crippen LogP) is 2.39. The third-order valence-corrected chi connectivity index (χ3v) is 4.93. The van der Waals surface area contributed by atoms with E-state index in [1.807, 2.05) is 24.3 Å². The first-order chi connectivity index (χ1) is 12.8. The Balaban J connectivity index is 1.20. The van der Waals surface area contributed by atoms with E-state index >= 15 is 0 Å². The zero-order chi connectivity index (χ0) is 17.8. The molecule has 0 aliphatic carbocycles. The highest BCUT2D eigenvalue weighted by Crippen LogP contribution is 2.31. The van der Waals surface area contributed by atoms with Crippen molar-refractivity contribution >= 4 is 5.91 Å². The number of ether oxygens (including phenoxy) is 2. The van der Waals surface area contributed by atoms with Crippen LogP contribution in [0.4, 0.5) is 0 Å². The number of hydrogen-bond donors (Lipinski definition) is 1. The number of carbonyl (C=O) groups is 1. The molecular weight excluding hydrogens is 328 g/mol. The molecule has 0 radical (unpaired) electrons. The molecule has 5 nitrogen and oxygen atoms in total. The molecule has 0 bridgehead atoms. The summed E-state index contributed by atoms with van der Waals surface area (Å²) in [5, 5.41) is 3.01. The van der Waals surface area contributed by atoms with Crippen molar-refractivity contribution in [2.75, 3.05) is 26.2 Å². The maximum absolute atomic E-state index is 12.2. The summed E-state index contributed by atoms with van der Waals surface area (Å²) in [6, 6.07) is 16.2. The highest BCUT2D eigenvalue weighted by molar-refractivity contribution is 5.78. The summed E-state index contributed by atoms with van der Waals surface area (Å²) in [5.41, 5.74) is 2.73. The van der Waals surface area contributed by atoms with Gasteiger partial charge >= 0.3 is 0 Å². The molecule has 136 valence electrons. The largest absolute Gasteiger partial charge is 0.486 e. The molecule has 0 saturated heterocycles. The van der Waals surface area contributed by atoms with Crippen LogP contribution in [0, 0.1) is 0 Å². The van der Waals surface area contributed by atoms with Gasteiger partial charge < -0.3 is 14.8 Å². The lowest BCUT2D eigenvalue weighted by molar-refractivity contribution is -0.122. The van der Waals surface area contributed by atoms with Crippen molar-refractivity contribution in [1.82, 2.24) is 10.2 Å². The molecule has 1 N–H and O–H groups in total. The first kappa shape index (κ1) is 16.9. The van der Waals surface area contributed by atoms with Gasteiger partial charge in [0.15, 0.2) is 11.5 Å². The van der Waals surface area contributed by atoms with Gasteiger partial charge in [-0.25, -0.2) is 0 Å². The molecule has 1 atom stereocenters. The minimum atomic E-state index is -0.0212. The maximum Gasteiger partial charge on any atom is 0.234 e. The van der Waals surface area contributed by atoms with E-state index in [-0.39, 0.29) is 12.0 Å². The summed E-state index contributed by atoms with van der Waals surface area (Å²) in [6.45, 7) is 3.34. The molecule has 0 unspecified atom stereocenters. The van der Waals surface area contributed by atoms with E-state index in [9.17, 15) is 4.79 Å². The molecule has 2 aromatic carbocycles. The van der Waals surface area contributed by atoms with Crippen LogP contribution >= 0.6 is 0 Å². The fraction of sp³-hybridized carbons (Fsp3) is 0.381. The molecule has 0 spiro atoms. The monoisotopic (exact) mass is 352 g/mol. The minimum Gasteiger partial charge on any atom is -0.486 e. The normalized spacial score (nSPS) is 18.8. The Morgan fingerprint density at radius 1 is 1.08 bits per heavy atom. The van der Waals surface area contributed by atoms with E-state index in [2.05, 4.69) is 34.5 Å². The third-order valence-electron chi connectivity index (χ3n) is 4.93. The van der Waals surface area contributed by atoms with Crippen LogP contribution in [-0.4, -0.2) is 43.2 Å². The molecule has 26 heavy (non-hydrogen) atoms. The van der Waals surface area contributed by atoms with Gasteiger partial charge in [0.1, 0.15) is 12.7 Å². The van der Waals surface area contributed by atoms with Crippen molar-refractivity contribution in [3.8, 4) is 11.5 Å². The second-order valence-corrected chi connectivity index (χ2v) is 6.87. The van der Waals surface area contributed by atoms with Crippen molar-refractivity contribution < 1.29 is 14.3 Å². The van der Waals surface area contributed by atoms with Crippen molar-refractivity contribution in [1.29, 1.82) is 0 Å². The van der Waals surface area contributed by atoms with Gasteiger partial charge in [-0.1, -0.05) is 36.4 Å². The fourth-order valence-corrected chi connectivity index (χ4v) is 3.53. The Hall–Kier alpha value is -2.53. The van der Waals surface area contributed by atoms with Crippen LogP contribution in [0.3, 0.4) is 0 Å². The van der Waals surface area contributed by atoms with Crippen molar-refractivity contribution in [2.45, 2.75) is 25.5 Å². The number of para-hydroxylation sites is 2. The highest BCUT2D eigenvalue weighted by atomic mass is 16.6. The lowest BCUT2D eigenvalue weighted by Gasteiger charge is -2.28. The van der Waals surface area contributed by atoms with E-state index < -0.39 is 0 Å². The van der Waals surface area contributed by atoms with Gasteiger partial charge in [0, 0.05) is 26.1 Å². The Labute approximate surface area is 153 Å². The average Bonchev–Trinajstić information content (AvgIpc) is 2.68. The van der Waals surface area contributed by atoms with Gasteiger partial charge in [0.25, 0.3) is 0 Å². The molecule has 0 fully saturated rings. The van der Waals surface area contributed by atoms with Gasteiger partial charge in [-0.3, -0.25) is 9.69 Å².